The van der Waals surface area contributed by atoms with Gasteiger partial charge in [0.2, 0.25) is 0 Å². The molecule has 1 unspecified atom stereocenters. The summed E-state index contributed by atoms with van der Waals surface area (Å²) in [5.41, 5.74) is 0. The van der Waals surface area contributed by atoms with Crippen molar-refractivity contribution in [3.63, 3.8) is 0 Å². The summed E-state index contributed by atoms with van der Waals surface area (Å²) in [6.45, 7) is 2.27. The van der Waals surface area contributed by atoms with Crippen LogP contribution in [0.5, 0.6) is 5.75 Å². The van der Waals surface area contributed by atoms with Gasteiger partial charge in [-0.15, -0.1) is 0 Å². The van der Waals surface area contributed by atoms with Gasteiger partial charge in [-0.25, -0.2) is 0 Å². The number of fused-ring (bicyclic) bond motifs is 1. The maximum atomic E-state index is 10.5. The molecule has 3 nitrogen and oxygen atoms in total. The highest BCUT2D eigenvalue weighted by molar-refractivity contribution is 5.88. The number of ether oxygens (including phenoxy) is 1. The smallest absolute Gasteiger partial charge is 0.127 e. The average molecular weight is 229 g/mol. The number of rotatable bonds is 5. The average Bonchev–Trinajstić information content (AvgIpc) is 2.40. The van der Waals surface area contributed by atoms with Crippen molar-refractivity contribution in [3.05, 3.63) is 47.4 Å². The van der Waals surface area contributed by atoms with Gasteiger partial charge in [0.25, 0.3) is 0 Å². The molecule has 0 aliphatic carbocycles. The molecule has 0 N–H and O–H groups in total. The molecular formula is C14H15NO2. The summed E-state index contributed by atoms with van der Waals surface area (Å²) in [5, 5.41) is 5.23. The van der Waals surface area contributed by atoms with Crippen LogP contribution >= 0.6 is 0 Å². The van der Waals surface area contributed by atoms with Crippen LogP contribution in [0, 0.1) is 4.91 Å². The first kappa shape index (κ1) is 11.6. The van der Waals surface area contributed by atoms with Crippen LogP contribution in [0.25, 0.3) is 10.8 Å². The van der Waals surface area contributed by atoms with Gasteiger partial charge in [0.15, 0.2) is 0 Å². The number of benzene rings is 2. The van der Waals surface area contributed by atoms with Crippen LogP contribution in [-0.2, 0) is 0 Å². The first-order valence-corrected chi connectivity index (χ1v) is 5.78. The third-order valence-electron chi connectivity index (χ3n) is 2.80. The van der Waals surface area contributed by atoms with Crippen LogP contribution in [0.4, 0.5) is 0 Å². The summed E-state index contributed by atoms with van der Waals surface area (Å²) in [5.74, 6) is 0.810. The SMILES string of the molecule is CCC(COc1cccc2ccccc12)N=O. The van der Waals surface area contributed by atoms with Crippen molar-refractivity contribution < 1.29 is 4.74 Å². The standard InChI is InChI=1S/C14H15NO2/c1-2-12(15-16)10-17-14-9-5-7-11-6-3-4-8-13(11)14/h3-9,12H,2,10H2,1H3. The number of nitrogens with zero attached hydrogens (tertiary/aromatic N) is 1. The predicted molar refractivity (Wildman–Crippen MR) is 69.3 cm³/mol. The fourth-order valence-corrected chi connectivity index (χ4v) is 1.73. The third-order valence-corrected chi connectivity index (χ3v) is 2.80. The number of hydrogen-bond donors (Lipinski definition) is 0. The predicted octanol–water partition coefficient (Wildman–Crippen LogP) is 3.76. The Morgan fingerprint density at radius 3 is 2.71 bits per heavy atom. The van der Waals surface area contributed by atoms with E-state index in [1.807, 2.05) is 49.4 Å². The zero-order valence-electron chi connectivity index (χ0n) is 9.80. The van der Waals surface area contributed by atoms with Gasteiger partial charge in [-0.3, -0.25) is 0 Å². The summed E-state index contributed by atoms with van der Waals surface area (Å²) < 4.78 is 5.67. The second-order valence-corrected chi connectivity index (χ2v) is 3.96. The molecule has 2 aromatic rings. The maximum Gasteiger partial charge on any atom is 0.127 e. The lowest BCUT2D eigenvalue weighted by molar-refractivity contribution is 0.288. The summed E-state index contributed by atoms with van der Waals surface area (Å²) in [6.07, 6.45) is 0.703. The zero-order chi connectivity index (χ0) is 12.1. The van der Waals surface area contributed by atoms with Crippen LogP contribution < -0.4 is 4.74 Å². The fourth-order valence-electron chi connectivity index (χ4n) is 1.73. The third kappa shape index (κ3) is 2.61. The number of hydrogen-bond acceptors (Lipinski definition) is 3. The van der Waals surface area contributed by atoms with Gasteiger partial charge in [0.1, 0.15) is 18.4 Å². The molecule has 0 aromatic heterocycles. The molecule has 0 aliphatic rings. The van der Waals surface area contributed by atoms with Crippen molar-refractivity contribution in [1.82, 2.24) is 0 Å². The molecule has 0 aliphatic heterocycles. The first-order valence-electron chi connectivity index (χ1n) is 5.78. The van der Waals surface area contributed by atoms with Crippen molar-refractivity contribution >= 4 is 10.8 Å². The molecular weight excluding hydrogens is 214 g/mol. The van der Waals surface area contributed by atoms with E-state index in [0.29, 0.717) is 13.0 Å². The second-order valence-electron chi connectivity index (χ2n) is 3.96. The van der Waals surface area contributed by atoms with E-state index in [0.717, 1.165) is 16.5 Å². The summed E-state index contributed by atoms with van der Waals surface area (Å²) in [4.78, 5) is 10.5. The maximum absolute atomic E-state index is 10.5. The molecule has 17 heavy (non-hydrogen) atoms. The van der Waals surface area contributed by atoms with Crippen molar-refractivity contribution in [3.8, 4) is 5.75 Å². The van der Waals surface area contributed by atoms with Crippen LogP contribution in [0.3, 0.4) is 0 Å². The molecule has 2 aromatic carbocycles. The Bertz CT molecular complexity index is 505. The first-order chi connectivity index (χ1) is 8.35. The highest BCUT2D eigenvalue weighted by Crippen LogP contribution is 2.25. The molecule has 2 rings (SSSR count). The molecule has 0 spiro atoms. The van der Waals surface area contributed by atoms with E-state index in [2.05, 4.69) is 5.18 Å². The van der Waals surface area contributed by atoms with E-state index in [-0.39, 0.29) is 6.04 Å². The van der Waals surface area contributed by atoms with E-state index in [4.69, 9.17) is 4.74 Å². The van der Waals surface area contributed by atoms with E-state index in [9.17, 15) is 4.91 Å². The highest BCUT2D eigenvalue weighted by Gasteiger charge is 2.08. The Hall–Kier alpha value is -1.90. The Kier molecular flexibility index (Phi) is 3.70. The van der Waals surface area contributed by atoms with E-state index in [1.165, 1.54) is 0 Å². The Balaban J connectivity index is 2.21. The van der Waals surface area contributed by atoms with E-state index >= 15 is 0 Å². The van der Waals surface area contributed by atoms with Gasteiger partial charge < -0.3 is 4.74 Å². The molecule has 0 saturated heterocycles. The van der Waals surface area contributed by atoms with Crippen molar-refractivity contribution in [2.45, 2.75) is 19.4 Å². The Morgan fingerprint density at radius 2 is 1.94 bits per heavy atom. The van der Waals surface area contributed by atoms with Crippen molar-refractivity contribution in [1.29, 1.82) is 0 Å². The monoisotopic (exact) mass is 229 g/mol. The molecule has 88 valence electrons. The molecule has 0 radical (unpaired) electrons. The summed E-state index contributed by atoms with van der Waals surface area (Å²) in [7, 11) is 0. The minimum atomic E-state index is -0.269. The quantitative estimate of drug-likeness (QED) is 0.732. The topological polar surface area (TPSA) is 38.7 Å². The minimum Gasteiger partial charge on any atom is -0.491 e. The second kappa shape index (κ2) is 5.43. The normalized spacial score (nSPS) is 12.3. The summed E-state index contributed by atoms with van der Waals surface area (Å²) >= 11 is 0. The molecule has 3 heteroatoms. The molecule has 0 saturated carbocycles. The van der Waals surface area contributed by atoms with E-state index < -0.39 is 0 Å². The lowest BCUT2D eigenvalue weighted by Gasteiger charge is -2.11. The lowest BCUT2D eigenvalue weighted by Crippen LogP contribution is -2.14. The van der Waals surface area contributed by atoms with E-state index in [1.54, 1.807) is 0 Å². The fraction of sp³-hybridized carbons (Fsp3) is 0.286. The Morgan fingerprint density at radius 1 is 1.18 bits per heavy atom. The van der Waals surface area contributed by atoms with Crippen molar-refractivity contribution in [2.75, 3.05) is 6.61 Å². The zero-order valence-corrected chi connectivity index (χ0v) is 9.80. The highest BCUT2D eigenvalue weighted by atomic mass is 16.5. The van der Waals surface area contributed by atoms with Gasteiger partial charge in [0, 0.05) is 5.39 Å². The van der Waals surface area contributed by atoms with Gasteiger partial charge in [-0.05, 0) is 17.9 Å². The van der Waals surface area contributed by atoms with Crippen LogP contribution in [0.15, 0.2) is 47.6 Å². The Labute approximate surface area is 100 Å². The van der Waals surface area contributed by atoms with Gasteiger partial charge in [-0.1, -0.05) is 48.5 Å². The van der Waals surface area contributed by atoms with Gasteiger partial charge in [-0.2, -0.15) is 4.91 Å². The number of nitroso groups, excluding NO2 is 1. The van der Waals surface area contributed by atoms with Crippen LogP contribution in [0.2, 0.25) is 0 Å². The van der Waals surface area contributed by atoms with Crippen LogP contribution in [-0.4, -0.2) is 12.6 Å². The summed E-state index contributed by atoms with van der Waals surface area (Å²) in [6, 6.07) is 13.7. The largest absolute Gasteiger partial charge is 0.491 e. The van der Waals surface area contributed by atoms with Crippen molar-refractivity contribution in [2.24, 2.45) is 5.18 Å². The lowest BCUT2D eigenvalue weighted by atomic mass is 10.1. The van der Waals surface area contributed by atoms with Gasteiger partial charge >= 0.3 is 0 Å². The molecule has 1 atom stereocenters. The van der Waals surface area contributed by atoms with Crippen LogP contribution in [0.1, 0.15) is 13.3 Å². The molecule has 0 heterocycles. The molecule has 0 amide bonds. The molecule has 0 bridgehead atoms. The minimum absolute atomic E-state index is 0.269. The molecule has 0 fully saturated rings. The van der Waals surface area contributed by atoms with Gasteiger partial charge in [0.05, 0.1) is 0 Å².